The standard InChI is InChI=1S/C23H22ClN5O2/c1-14-11-17(16(3)29(14)19-6-8-20(31-4)9-7-19)12-25-27-23(30)22-15(2)26-21-10-5-18(24)13-28(21)22/h5-13H,1-4H3,(H,27,30)/b25-12+. The minimum atomic E-state index is -0.354. The summed E-state index contributed by atoms with van der Waals surface area (Å²) in [5.41, 5.74) is 8.26. The van der Waals surface area contributed by atoms with E-state index in [4.69, 9.17) is 16.3 Å². The number of nitrogens with one attached hydrogen (secondary N) is 1. The molecule has 0 unspecified atom stereocenters. The van der Waals surface area contributed by atoms with Crippen molar-refractivity contribution in [3.05, 3.63) is 82.0 Å². The lowest BCUT2D eigenvalue weighted by Gasteiger charge is -2.10. The van der Waals surface area contributed by atoms with E-state index in [9.17, 15) is 4.79 Å². The maximum Gasteiger partial charge on any atom is 0.290 e. The third-order valence-corrected chi connectivity index (χ3v) is 5.37. The van der Waals surface area contributed by atoms with Gasteiger partial charge in [-0.05, 0) is 63.2 Å². The maximum atomic E-state index is 12.7. The van der Waals surface area contributed by atoms with Crippen LogP contribution in [0, 0.1) is 20.8 Å². The molecule has 0 radical (unpaired) electrons. The van der Waals surface area contributed by atoms with Crippen LogP contribution in [0.3, 0.4) is 0 Å². The van der Waals surface area contributed by atoms with E-state index >= 15 is 0 Å². The van der Waals surface area contributed by atoms with Gasteiger partial charge in [-0.2, -0.15) is 5.10 Å². The molecule has 4 aromatic rings. The number of hydrogen-bond acceptors (Lipinski definition) is 4. The number of ether oxygens (including phenoxy) is 1. The van der Waals surface area contributed by atoms with Gasteiger partial charge in [-0.3, -0.25) is 9.20 Å². The van der Waals surface area contributed by atoms with Gasteiger partial charge in [0.15, 0.2) is 0 Å². The Bertz CT molecular complexity index is 1300. The molecule has 31 heavy (non-hydrogen) atoms. The second-order valence-corrected chi connectivity index (χ2v) is 7.62. The first kappa shape index (κ1) is 20.7. The number of carbonyl (C=O) groups is 1. The lowest BCUT2D eigenvalue weighted by molar-refractivity contribution is 0.0948. The topological polar surface area (TPSA) is 72.9 Å². The number of carbonyl (C=O) groups excluding carboxylic acids is 1. The van der Waals surface area contributed by atoms with Crippen molar-refractivity contribution in [1.29, 1.82) is 0 Å². The normalized spacial score (nSPS) is 11.4. The van der Waals surface area contributed by atoms with E-state index < -0.39 is 0 Å². The fourth-order valence-electron chi connectivity index (χ4n) is 3.67. The average molecular weight is 436 g/mol. The van der Waals surface area contributed by atoms with Gasteiger partial charge in [0.05, 0.1) is 24.0 Å². The van der Waals surface area contributed by atoms with Crippen LogP contribution >= 0.6 is 11.6 Å². The first-order valence-electron chi connectivity index (χ1n) is 9.70. The molecule has 1 amide bonds. The molecule has 0 bridgehead atoms. The summed E-state index contributed by atoms with van der Waals surface area (Å²) >= 11 is 6.07. The zero-order valence-electron chi connectivity index (χ0n) is 17.7. The quantitative estimate of drug-likeness (QED) is 0.371. The molecular weight excluding hydrogens is 414 g/mol. The number of hydrogen-bond donors (Lipinski definition) is 1. The summed E-state index contributed by atoms with van der Waals surface area (Å²) in [4.78, 5) is 17.1. The van der Waals surface area contributed by atoms with Crippen molar-refractivity contribution in [3.8, 4) is 11.4 Å². The zero-order valence-corrected chi connectivity index (χ0v) is 18.4. The Morgan fingerprint density at radius 2 is 1.90 bits per heavy atom. The molecule has 158 valence electrons. The van der Waals surface area contributed by atoms with Crippen molar-refractivity contribution < 1.29 is 9.53 Å². The molecule has 0 atom stereocenters. The van der Waals surface area contributed by atoms with Crippen molar-refractivity contribution in [3.63, 3.8) is 0 Å². The number of imidazole rings is 1. The van der Waals surface area contributed by atoms with Gasteiger partial charge in [0.1, 0.15) is 17.1 Å². The second-order valence-electron chi connectivity index (χ2n) is 7.18. The first-order valence-corrected chi connectivity index (χ1v) is 10.1. The molecule has 1 N–H and O–H groups in total. The van der Waals surface area contributed by atoms with E-state index in [0.717, 1.165) is 28.4 Å². The Morgan fingerprint density at radius 3 is 2.61 bits per heavy atom. The Labute approximate surface area is 184 Å². The molecule has 0 saturated carbocycles. The number of hydrazone groups is 1. The number of aryl methyl sites for hydroxylation is 2. The van der Waals surface area contributed by atoms with Gasteiger partial charge >= 0.3 is 0 Å². The smallest absolute Gasteiger partial charge is 0.290 e. The molecule has 0 aliphatic carbocycles. The summed E-state index contributed by atoms with van der Waals surface area (Å²) in [6.07, 6.45) is 3.31. The molecular formula is C23H22ClN5O2. The highest BCUT2D eigenvalue weighted by Gasteiger charge is 2.16. The maximum absolute atomic E-state index is 12.7. The van der Waals surface area contributed by atoms with E-state index in [1.54, 1.807) is 43.0 Å². The number of fused-ring (bicyclic) bond motifs is 1. The summed E-state index contributed by atoms with van der Waals surface area (Å²) < 4.78 is 9.02. The SMILES string of the molecule is COc1ccc(-n2c(C)cc(/C=N/NC(=O)c3c(C)nc4ccc(Cl)cn34)c2C)cc1. The molecule has 0 aliphatic heterocycles. The largest absolute Gasteiger partial charge is 0.497 e. The summed E-state index contributed by atoms with van der Waals surface area (Å²) in [6.45, 7) is 5.82. The Kier molecular flexibility index (Phi) is 5.52. The van der Waals surface area contributed by atoms with Crippen LogP contribution < -0.4 is 10.2 Å². The molecule has 0 spiro atoms. The van der Waals surface area contributed by atoms with Crippen molar-refractivity contribution in [2.45, 2.75) is 20.8 Å². The van der Waals surface area contributed by atoms with Gasteiger partial charge in [0, 0.05) is 28.8 Å². The summed E-state index contributed by atoms with van der Waals surface area (Å²) in [6, 6.07) is 13.4. The van der Waals surface area contributed by atoms with Gasteiger partial charge in [0.2, 0.25) is 0 Å². The van der Waals surface area contributed by atoms with Crippen LogP contribution in [0.2, 0.25) is 5.02 Å². The fourth-order valence-corrected chi connectivity index (χ4v) is 3.83. The predicted octanol–water partition coefficient (Wildman–Crippen LogP) is 4.48. The van der Waals surface area contributed by atoms with Gasteiger partial charge in [-0.25, -0.2) is 10.4 Å². The highest BCUT2D eigenvalue weighted by Crippen LogP contribution is 2.22. The second kappa shape index (κ2) is 8.28. The first-order chi connectivity index (χ1) is 14.9. The van der Waals surface area contributed by atoms with Gasteiger partial charge in [-0.1, -0.05) is 11.6 Å². The number of methoxy groups -OCH3 is 1. The van der Waals surface area contributed by atoms with E-state index in [-0.39, 0.29) is 5.91 Å². The number of halogens is 1. The zero-order chi connectivity index (χ0) is 22.1. The van der Waals surface area contributed by atoms with Gasteiger partial charge in [0.25, 0.3) is 5.91 Å². The summed E-state index contributed by atoms with van der Waals surface area (Å²) in [5.74, 6) is 0.451. The number of rotatable bonds is 5. The van der Waals surface area contributed by atoms with Crippen molar-refractivity contribution in [2.24, 2.45) is 5.10 Å². The lowest BCUT2D eigenvalue weighted by Crippen LogP contribution is -2.20. The molecule has 1 aromatic carbocycles. The highest BCUT2D eigenvalue weighted by molar-refractivity contribution is 6.30. The van der Waals surface area contributed by atoms with Crippen LogP contribution in [0.1, 0.15) is 33.1 Å². The van der Waals surface area contributed by atoms with Crippen molar-refractivity contribution in [2.75, 3.05) is 7.11 Å². The Morgan fingerprint density at radius 1 is 1.16 bits per heavy atom. The Balaban J connectivity index is 1.56. The fraction of sp³-hybridized carbons (Fsp3) is 0.174. The molecule has 4 rings (SSSR count). The van der Waals surface area contributed by atoms with Crippen LogP contribution in [0.4, 0.5) is 0 Å². The summed E-state index contributed by atoms with van der Waals surface area (Å²) in [5, 5.41) is 4.69. The number of amides is 1. The molecule has 8 heteroatoms. The predicted molar refractivity (Wildman–Crippen MR) is 122 cm³/mol. The van der Waals surface area contributed by atoms with E-state index in [1.807, 2.05) is 44.2 Å². The third kappa shape index (κ3) is 3.92. The average Bonchev–Trinajstić information content (AvgIpc) is 3.22. The van der Waals surface area contributed by atoms with Gasteiger partial charge < -0.3 is 9.30 Å². The number of aromatic nitrogens is 3. The monoisotopic (exact) mass is 435 g/mol. The van der Waals surface area contributed by atoms with Crippen molar-refractivity contribution >= 4 is 29.4 Å². The van der Waals surface area contributed by atoms with Crippen LogP contribution in [0.15, 0.2) is 53.8 Å². The van der Waals surface area contributed by atoms with Crippen molar-refractivity contribution in [1.82, 2.24) is 19.4 Å². The molecule has 7 nitrogen and oxygen atoms in total. The number of benzene rings is 1. The van der Waals surface area contributed by atoms with Crippen LogP contribution in [-0.4, -0.2) is 33.2 Å². The van der Waals surface area contributed by atoms with E-state index in [2.05, 4.69) is 20.1 Å². The minimum absolute atomic E-state index is 0.354. The molecule has 0 fully saturated rings. The van der Waals surface area contributed by atoms with Crippen LogP contribution in [0.25, 0.3) is 11.3 Å². The molecule has 0 aliphatic rings. The van der Waals surface area contributed by atoms with E-state index in [1.165, 1.54) is 0 Å². The van der Waals surface area contributed by atoms with E-state index in [0.29, 0.717) is 22.1 Å². The summed E-state index contributed by atoms with van der Waals surface area (Å²) in [7, 11) is 1.65. The molecule has 0 saturated heterocycles. The Hall–Kier alpha value is -3.58. The van der Waals surface area contributed by atoms with Gasteiger partial charge in [-0.15, -0.1) is 0 Å². The number of pyridine rings is 1. The molecule has 3 heterocycles. The molecule has 3 aromatic heterocycles. The third-order valence-electron chi connectivity index (χ3n) is 5.14. The van der Waals surface area contributed by atoms with Crippen LogP contribution in [0.5, 0.6) is 5.75 Å². The number of nitrogens with zero attached hydrogens (tertiary/aromatic N) is 4. The van der Waals surface area contributed by atoms with Crippen LogP contribution in [-0.2, 0) is 0 Å². The lowest BCUT2D eigenvalue weighted by atomic mass is 10.2. The minimum Gasteiger partial charge on any atom is -0.497 e. The highest BCUT2D eigenvalue weighted by atomic mass is 35.5.